The Morgan fingerprint density at radius 2 is 1.63 bits per heavy atom. The maximum absolute atomic E-state index is 12.0. The summed E-state index contributed by atoms with van der Waals surface area (Å²) in [5.74, 6) is 0.0119. The van der Waals surface area contributed by atoms with E-state index in [0.717, 1.165) is 22.4 Å². The summed E-state index contributed by atoms with van der Waals surface area (Å²) in [4.78, 5) is 23.9. The van der Waals surface area contributed by atoms with Crippen LogP contribution in [-0.4, -0.2) is 18.0 Å². The number of carbonyl (C=O) groups is 2. The van der Waals surface area contributed by atoms with E-state index in [9.17, 15) is 9.59 Å². The third-order valence-electron chi connectivity index (χ3n) is 4.82. The zero-order valence-electron chi connectivity index (χ0n) is 18.5. The van der Waals surface area contributed by atoms with Gasteiger partial charge in [-0.1, -0.05) is 50.3 Å². The molecule has 2 amide bonds. The molecule has 0 heterocycles. The number of nitrogens with one attached hydrogen (secondary N) is 2. The van der Waals surface area contributed by atoms with Gasteiger partial charge in [0.15, 0.2) is 0 Å². The molecule has 0 aliphatic carbocycles. The van der Waals surface area contributed by atoms with Crippen molar-refractivity contribution >= 4 is 29.8 Å². The van der Waals surface area contributed by atoms with Crippen LogP contribution in [0.25, 0.3) is 6.08 Å². The molecule has 2 N–H and O–H groups in total. The minimum atomic E-state index is -0.296. The van der Waals surface area contributed by atoms with Gasteiger partial charge in [0.05, 0.1) is 6.21 Å². The van der Waals surface area contributed by atoms with Gasteiger partial charge in [0.25, 0.3) is 0 Å². The number of rotatable bonds is 8. The Kier molecular flexibility index (Phi) is 8.54. The number of hydrogen-bond donors (Lipinski definition) is 2. The van der Waals surface area contributed by atoms with E-state index in [0.29, 0.717) is 5.92 Å². The predicted octanol–water partition coefficient (Wildman–Crippen LogP) is 5.35. The van der Waals surface area contributed by atoms with Gasteiger partial charge in [0, 0.05) is 18.5 Å². The number of benzene rings is 2. The quantitative estimate of drug-likeness (QED) is 0.459. The molecular formula is C25H31N3O2. The van der Waals surface area contributed by atoms with Crippen molar-refractivity contribution in [3.05, 3.63) is 70.3 Å². The predicted molar refractivity (Wildman–Crippen MR) is 125 cm³/mol. The van der Waals surface area contributed by atoms with E-state index in [4.69, 9.17) is 0 Å². The van der Waals surface area contributed by atoms with E-state index in [1.807, 2.05) is 45.0 Å². The number of allylic oxidation sites excluding steroid dienone is 1. The normalized spacial score (nSPS) is 11.7. The lowest BCUT2D eigenvalue weighted by molar-refractivity contribution is -0.124. The van der Waals surface area contributed by atoms with E-state index >= 15 is 0 Å². The van der Waals surface area contributed by atoms with Crippen molar-refractivity contribution in [3.63, 3.8) is 0 Å². The average molecular weight is 406 g/mol. The van der Waals surface area contributed by atoms with Crippen molar-refractivity contribution in [1.82, 2.24) is 5.43 Å². The lowest BCUT2D eigenvalue weighted by atomic mass is 10.0. The number of aryl methyl sites for hydroxylation is 2. The van der Waals surface area contributed by atoms with Gasteiger partial charge < -0.3 is 5.32 Å². The first kappa shape index (κ1) is 23.1. The molecule has 0 fully saturated rings. The molecule has 0 spiro atoms. The molecule has 0 aliphatic rings. The lowest BCUT2D eigenvalue weighted by Gasteiger charge is -2.07. The first-order chi connectivity index (χ1) is 14.2. The van der Waals surface area contributed by atoms with Gasteiger partial charge in [-0.05, 0) is 66.6 Å². The summed E-state index contributed by atoms with van der Waals surface area (Å²) in [5.41, 5.74) is 8.78. The van der Waals surface area contributed by atoms with Crippen LogP contribution in [0.4, 0.5) is 5.69 Å². The highest BCUT2D eigenvalue weighted by Gasteiger charge is 2.07. The van der Waals surface area contributed by atoms with Crippen molar-refractivity contribution in [3.8, 4) is 0 Å². The van der Waals surface area contributed by atoms with Crippen LogP contribution in [0.5, 0.6) is 0 Å². The van der Waals surface area contributed by atoms with Gasteiger partial charge in [0.2, 0.25) is 11.8 Å². The van der Waals surface area contributed by atoms with E-state index in [2.05, 4.69) is 54.0 Å². The van der Waals surface area contributed by atoms with Crippen LogP contribution >= 0.6 is 0 Å². The Morgan fingerprint density at radius 3 is 2.27 bits per heavy atom. The fourth-order valence-corrected chi connectivity index (χ4v) is 2.81. The molecule has 2 aromatic rings. The fraction of sp³-hybridized carbons (Fsp3) is 0.320. The highest BCUT2D eigenvalue weighted by Crippen LogP contribution is 2.16. The Bertz CT molecular complexity index is 941. The van der Waals surface area contributed by atoms with Gasteiger partial charge >= 0.3 is 0 Å². The molecule has 0 bridgehead atoms. The lowest BCUT2D eigenvalue weighted by Crippen LogP contribution is -2.20. The van der Waals surface area contributed by atoms with Crippen LogP contribution in [0.1, 0.15) is 61.8 Å². The molecule has 158 valence electrons. The van der Waals surface area contributed by atoms with Crippen LogP contribution in [0.15, 0.2) is 53.1 Å². The summed E-state index contributed by atoms with van der Waals surface area (Å²) in [6, 6.07) is 14.1. The molecule has 0 saturated heterocycles. The van der Waals surface area contributed by atoms with E-state index in [-0.39, 0.29) is 24.7 Å². The summed E-state index contributed by atoms with van der Waals surface area (Å²) >= 11 is 0. The molecule has 0 atom stereocenters. The monoisotopic (exact) mass is 405 g/mol. The van der Waals surface area contributed by atoms with Crippen molar-refractivity contribution in [1.29, 1.82) is 0 Å². The number of anilines is 1. The molecular weight excluding hydrogens is 374 g/mol. The number of carbonyl (C=O) groups excluding carboxylic acids is 2. The summed E-state index contributed by atoms with van der Waals surface area (Å²) < 4.78 is 0. The molecule has 30 heavy (non-hydrogen) atoms. The molecule has 0 unspecified atom stereocenters. The van der Waals surface area contributed by atoms with Crippen molar-refractivity contribution in [2.75, 3.05) is 5.32 Å². The molecule has 5 nitrogen and oxygen atoms in total. The Labute approximate surface area is 179 Å². The van der Waals surface area contributed by atoms with Gasteiger partial charge in [-0.3, -0.25) is 9.59 Å². The highest BCUT2D eigenvalue weighted by atomic mass is 16.2. The van der Waals surface area contributed by atoms with Crippen molar-refractivity contribution < 1.29 is 9.59 Å². The second kappa shape index (κ2) is 11.1. The zero-order valence-corrected chi connectivity index (χ0v) is 18.5. The second-order valence-electron chi connectivity index (χ2n) is 7.85. The van der Waals surface area contributed by atoms with E-state index < -0.39 is 0 Å². The SMILES string of the molecule is CC(/C=N\NC(=O)CCC(=O)Nc1ccc(C)c(C)c1)=C\c1ccc(C(C)C)cc1. The minimum Gasteiger partial charge on any atom is -0.326 e. The smallest absolute Gasteiger partial charge is 0.240 e. The molecule has 0 aromatic heterocycles. The van der Waals surface area contributed by atoms with Gasteiger partial charge in [0.1, 0.15) is 0 Å². The van der Waals surface area contributed by atoms with Gasteiger partial charge in [-0.2, -0.15) is 5.10 Å². The van der Waals surface area contributed by atoms with Crippen LogP contribution in [0.2, 0.25) is 0 Å². The first-order valence-electron chi connectivity index (χ1n) is 10.2. The number of amides is 2. The third-order valence-corrected chi connectivity index (χ3v) is 4.82. The van der Waals surface area contributed by atoms with Gasteiger partial charge in [-0.15, -0.1) is 0 Å². The Morgan fingerprint density at radius 1 is 0.967 bits per heavy atom. The standard InChI is InChI=1S/C25H31N3O2/c1-17(2)22-9-7-21(8-10-22)14-18(3)16-26-28-25(30)13-12-24(29)27-23-11-6-19(4)20(5)15-23/h6-11,14-17H,12-13H2,1-5H3,(H,27,29)(H,28,30)/b18-14+,26-16-. The topological polar surface area (TPSA) is 70.6 Å². The van der Waals surface area contributed by atoms with Crippen LogP contribution < -0.4 is 10.7 Å². The van der Waals surface area contributed by atoms with Crippen LogP contribution in [0, 0.1) is 13.8 Å². The summed E-state index contributed by atoms with van der Waals surface area (Å²) in [6.07, 6.45) is 3.78. The number of nitrogens with zero attached hydrogens (tertiary/aromatic N) is 1. The molecule has 0 saturated carbocycles. The second-order valence-corrected chi connectivity index (χ2v) is 7.85. The minimum absolute atomic E-state index is 0.0768. The maximum atomic E-state index is 12.0. The summed E-state index contributed by atoms with van der Waals surface area (Å²) in [5, 5.41) is 6.78. The average Bonchev–Trinajstić information content (AvgIpc) is 2.69. The number of hydrazone groups is 1. The van der Waals surface area contributed by atoms with Crippen LogP contribution in [-0.2, 0) is 9.59 Å². The number of hydrogen-bond acceptors (Lipinski definition) is 3. The van der Waals surface area contributed by atoms with Crippen molar-refractivity contribution in [2.24, 2.45) is 5.10 Å². The molecule has 0 aliphatic heterocycles. The largest absolute Gasteiger partial charge is 0.326 e. The molecule has 2 aromatic carbocycles. The van der Waals surface area contributed by atoms with E-state index in [1.54, 1.807) is 6.21 Å². The summed E-state index contributed by atoms with van der Waals surface area (Å²) in [7, 11) is 0. The summed E-state index contributed by atoms with van der Waals surface area (Å²) in [6.45, 7) is 10.3. The first-order valence-corrected chi connectivity index (χ1v) is 10.2. The van der Waals surface area contributed by atoms with E-state index in [1.165, 1.54) is 11.1 Å². The molecule has 5 heteroatoms. The van der Waals surface area contributed by atoms with Crippen LogP contribution in [0.3, 0.4) is 0 Å². The molecule has 0 radical (unpaired) electrons. The maximum Gasteiger partial charge on any atom is 0.240 e. The third kappa shape index (κ3) is 7.66. The zero-order chi connectivity index (χ0) is 22.1. The van der Waals surface area contributed by atoms with Gasteiger partial charge in [-0.25, -0.2) is 5.43 Å². The fourth-order valence-electron chi connectivity index (χ4n) is 2.81. The molecule has 2 rings (SSSR count). The Balaban J connectivity index is 1.76. The van der Waals surface area contributed by atoms with Crippen molar-refractivity contribution in [2.45, 2.75) is 53.4 Å². The highest BCUT2D eigenvalue weighted by molar-refractivity contribution is 5.93. The Hall–Kier alpha value is -3.21.